The van der Waals surface area contributed by atoms with Gasteiger partial charge in [-0.1, -0.05) is 0 Å². The highest BCUT2D eigenvalue weighted by Gasteiger charge is 2.66. The molecule has 0 aromatic carbocycles. The Hall–Kier alpha value is -1.59. The molecule has 6 heteroatoms. The van der Waals surface area contributed by atoms with E-state index >= 15 is 0 Å². The van der Waals surface area contributed by atoms with Crippen molar-refractivity contribution in [1.29, 1.82) is 0 Å². The molecular formula is C18H30O6. The van der Waals surface area contributed by atoms with E-state index in [1.54, 1.807) is 62.3 Å². The first-order valence-electron chi connectivity index (χ1n) is 8.20. The van der Waals surface area contributed by atoms with Gasteiger partial charge in [0.25, 0.3) is 0 Å². The molecule has 0 saturated heterocycles. The molecule has 0 heterocycles. The summed E-state index contributed by atoms with van der Waals surface area (Å²) in [7, 11) is 0. The van der Waals surface area contributed by atoms with Crippen LogP contribution in [0.1, 0.15) is 62.3 Å². The first-order chi connectivity index (χ1) is 10.5. The first-order valence-corrected chi connectivity index (χ1v) is 8.20. The van der Waals surface area contributed by atoms with Crippen LogP contribution in [-0.2, 0) is 28.6 Å². The maximum Gasteiger partial charge on any atom is 0.311 e. The molecule has 1 aliphatic rings. The summed E-state index contributed by atoms with van der Waals surface area (Å²) in [5, 5.41) is 0. The van der Waals surface area contributed by atoms with Gasteiger partial charge in [-0.05, 0) is 62.3 Å². The molecule has 0 amide bonds. The number of ether oxygens (including phenoxy) is 3. The van der Waals surface area contributed by atoms with Crippen molar-refractivity contribution in [1.82, 2.24) is 0 Å². The van der Waals surface area contributed by atoms with Gasteiger partial charge in [0.1, 0.15) is 16.8 Å². The molecular weight excluding hydrogens is 312 g/mol. The molecule has 0 spiro atoms. The van der Waals surface area contributed by atoms with E-state index in [2.05, 4.69) is 0 Å². The molecule has 0 N–H and O–H groups in total. The van der Waals surface area contributed by atoms with Gasteiger partial charge in [-0.25, -0.2) is 0 Å². The standard InChI is InChI=1S/C18H30O6/c1-16(2,3)22-13(19)10-11(14(20)23-17(4,5)6)12(10)15(21)24-18(7,8)9/h10-12H,1-9H3. The van der Waals surface area contributed by atoms with Crippen LogP contribution in [0.3, 0.4) is 0 Å². The van der Waals surface area contributed by atoms with E-state index in [1.807, 2.05) is 0 Å². The summed E-state index contributed by atoms with van der Waals surface area (Å²) < 4.78 is 16.0. The fourth-order valence-corrected chi connectivity index (χ4v) is 2.30. The number of hydrogen-bond donors (Lipinski definition) is 0. The Morgan fingerprint density at radius 2 is 0.667 bits per heavy atom. The van der Waals surface area contributed by atoms with E-state index in [-0.39, 0.29) is 0 Å². The second-order valence-corrected chi connectivity index (χ2v) is 9.18. The van der Waals surface area contributed by atoms with Crippen LogP contribution in [0.5, 0.6) is 0 Å². The van der Waals surface area contributed by atoms with E-state index < -0.39 is 52.5 Å². The van der Waals surface area contributed by atoms with Crippen LogP contribution in [0, 0.1) is 17.8 Å². The highest BCUT2D eigenvalue weighted by Crippen LogP contribution is 2.50. The van der Waals surface area contributed by atoms with Crippen LogP contribution in [0.15, 0.2) is 0 Å². The molecule has 0 aromatic heterocycles. The largest absolute Gasteiger partial charge is 0.460 e. The van der Waals surface area contributed by atoms with Crippen LogP contribution in [0.2, 0.25) is 0 Å². The lowest BCUT2D eigenvalue weighted by atomic mass is 10.2. The van der Waals surface area contributed by atoms with Crippen molar-refractivity contribution in [2.75, 3.05) is 0 Å². The van der Waals surface area contributed by atoms with E-state index in [0.717, 1.165) is 0 Å². The van der Waals surface area contributed by atoms with E-state index in [0.29, 0.717) is 0 Å². The molecule has 1 saturated carbocycles. The normalized spacial score (nSPS) is 24.1. The fraction of sp³-hybridized carbons (Fsp3) is 0.833. The van der Waals surface area contributed by atoms with E-state index in [9.17, 15) is 14.4 Å². The summed E-state index contributed by atoms with van der Waals surface area (Å²) in [6.07, 6.45) is 0. The third kappa shape index (κ3) is 6.13. The minimum atomic E-state index is -0.853. The van der Waals surface area contributed by atoms with Gasteiger partial charge >= 0.3 is 17.9 Å². The van der Waals surface area contributed by atoms with Crippen molar-refractivity contribution in [3.63, 3.8) is 0 Å². The lowest BCUT2D eigenvalue weighted by Gasteiger charge is -2.20. The Balaban J connectivity index is 2.94. The van der Waals surface area contributed by atoms with E-state index in [1.165, 1.54) is 0 Å². The van der Waals surface area contributed by atoms with Crippen molar-refractivity contribution in [3.05, 3.63) is 0 Å². The molecule has 1 fully saturated rings. The molecule has 6 nitrogen and oxygen atoms in total. The number of rotatable bonds is 3. The predicted molar refractivity (Wildman–Crippen MR) is 88.0 cm³/mol. The van der Waals surface area contributed by atoms with Crippen LogP contribution in [0.25, 0.3) is 0 Å². The zero-order valence-electron chi connectivity index (χ0n) is 16.2. The number of carbonyl (C=O) groups excluding carboxylic acids is 3. The number of carbonyl (C=O) groups is 3. The van der Waals surface area contributed by atoms with Crippen molar-refractivity contribution in [3.8, 4) is 0 Å². The monoisotopic (exact) mass is 342 g/mol. The van der Waals surface area contributed by atoms with Crippen LogP contribution in [-0.4, -0.2) is 34.7 Å². The van der Waals surface area contributed by atoms with Gasteiger partial charge in [0.15, 0.2) is 0 Å². The quantitative estimate of drug-likeness (QED) is 0.580. The zero-order chi connectivity index (χ0) is 19.1. The lowest BCUT2D eigenvalue weighted by Crippen LogP contribution is -2.28. The number of hydrogen-bond acceptors (Lipinski definition) is 6. The Morgan fingerprint density at radius 1 is 0.500 bits per heavy atom. The van der Waals surface area contributed by atoms with Crippen LogP contribution < -0.4 is 0 Å². The molecule has 0 atom stereocenters. The van der Waals surface area contributed by atoms with Gasteiger partial charge < -0.3 is 14.2 Å². The minimum absolute atomic E-state index is 0.575. The van der Waals surface area contributed by atoms with Gasteiger partial charge in [0.05, 0.1) is 17.8 Å². The zero-order valence-corrected chi connectivity index (χ0v) is 16.2. The Labute approximate surface area is 144 Å². The summed E-state index contributed by atoms with van der Waals surface area (Å²) in [6, 6.07) is 0. The highest BCUT2D eigenvalue weighted by molar-refractivity contribution is 5.97. The van der Waals surface area contributed by atoms with Crippen molar-refractivity contribution < 1.29 is 28.6 Å². The van der Waals surface area contributed by atoms with Crippen LogP contribution >= 0.6 is 0 Å². The Morgan fingerprint density at radius 3 is 0.792 bits per heavy atom. The third-order valence-corrected chi connectivity index (χ3v) is 3.06. The van der Waals surface area contributed by atoms with Gasteiger partial charge in [-0.2, -0.15) is 0 Å². The van der Waals surface area contributed by atoms with Gasteiger partial charge in [-0.3, -0.25) is 14.4 Å². The van der Waals surface area contributed by atoms with Crippen molar-refractivity contribution in [2.24, 2.45) is 17.8 Å². The highest BCUT2D eigenvalue weighted by atomic mass is 16.6. The van der Waals surface area contributed by atoms with Crippen LogP contribution in [0.4, 0.5) is 0 Å². The fourth-order valence-electron chi connectivity index (χ4n) is 2.30. The molecule has 138 valence electrons. The van der Waals surface area contributed by atoms with Gasteiger partial charge in [0.2, 0.25) is 0 Å². The smallest absolute Gasteiger partial charge is 0.311 e. The molecule has 0 bridgehead atoms. The average Bonchev–Trinajstić information content (AvgIpc) is 2.96. The maximum absolute atomic E-state index is 12.3. The maximum atomic E-state index is 12.3. The summed E-state index contributed by atoms with van der Waals surface area (Å²) in [4.78, 5) is 37.0. The summed E-state index contributed by atoms with van der Waals surface area (Å²) in [5.41, 5.74) is -2.09. The minimum Gasteiger partial charge on any atom is -0.460 e. The number of esters is 3. The molecule has 0 aromatic rings. The molecule has 0 aliphatic heterocycles. The summed E-state index contributed by atoms with van der Waals surface area (Å²) >= 11 is 0. The molecule has 24 heavy (non-hydrogen) atoms. The molecule has 1 aliphatic carbocycles. The van der Waals surface area contributed by atoms with Crippen molar-refractivity contribution in [2.45, 2.75) is 79.1 Å². The topological polar surface area (TPSA) is 78.9 Å². The molecule has 0 unspecified atom stereocenters. The third-order valence-electron chi connectivity index (χ3n) is 3.06. The predicted octanol–water partition coefficient (Wildman–Crippen LogP) is 2.87. The first kappa shape index (κ1) is 20.5. The average molecular weight is 342 g/mol. The lowest BCUT2D eigenvalue weighted by molar-refractivity contribution is -0.163. The molecule has 1 rings (SSSR count). The van der Waals surface area contributed by atoms with Crippen molar-refractivity contribution >= 4 is 17.9 Å². The summed E-state index contributed by atoms with van der Waals surface area (Å²) in [5.74, 6) is -4.28. The van der Waals surface area contributed by atoms with Gasteiger partial charge in [-0.15, -0.1) is 0 Å². The molecule has 0 radical (unpaired) electrons. The second kappa shape index (κ2) is 6.37. The second-order valence-electron chi connectivity index (χ2n) is 9.18. The Bertz CT molecular complexity index is 433. The SMILES string of the molecule is CC(C)(C)OC(=O)C1C(C(=O)OC(C)(C)C)C1C(=O)OC(C)(C)C. The Kier molecular flexibility index (Phi) is 5.43. The van der Waals surface area contributed by atoms with Gasteiger partial charge in [0, 0.05) is 0 Å². The summed E-state index contributed by atoms with van der Waals surface area (Å²) in [6.45, 7) is 15.6. The van der Waals surface area contributed by atoms with E-state index in [4.69, 9.17) is 14.2 Å².